The average molecular weight is 273 g/mol. The summed E-state index contributed by atoms with van der Waals surface area (Å²) in [7, 11) is 0. The van der Waals surface area contributed by atoms with Crippen LogP contribution in [0.25, 0.3) is 0 Å². The van der Waals surface area contributed by atoms with E-state index < -0.39 is 12.7 Å². The van der Waals surface area contributed by atoms with Crippen molar-refractivity contribution >= 4 is 34.0 Å². The highest BCUT2D eigenvalue weighted by Crippen LogP contribution is 2.17. The number of hydrogen-bond acceptors (Lipinski definition) is 3. The largest absolute Gasteiger partial charge is 0.408 e. The maximum Gasteiger partial charge on any atom is 0.408 e. The molecule has 9 heteroatoms. The highest BCUT2D eigenvalue weighted by atomic mass is 35.5. The molecule has 0 saturated heterocycles. The number of aromatic nitrogens is 1. The third-order valence-corrected chi connectivity index (χ3v) is 2.43. The summed E-state index contributed by atoms with van der Waals surface area (Å²) in [6.07, 6.45) is -4.36. The number of anilines is 1. The first kappa shape index (κ1) is 13.0. The summed E-state index contributed by atoms with van der Waals surface area (Å²) in [4.78, 5) is 7.06. The third-order valence-electron chi connectivity index (χ3n) is 1.35. The van der Waals surface area contributed by atoms with Crippen molar-refractivity contribution in [3.8, 4) is 0 Å². The number of rotatable bonds is 3. The number of halogens is 4. The Balaban J connectivity index is 2.53. The van der Waals surface area contributed by atoms with Gasteiger partial charge in [0.15, 0.2) is 11.1 Å². The first-order chi connectivity index (χ1) is 7.40. The van der Waals surface area contributed by atoms with Gasteiger partial charge in [0.25, 0.3) is 0 Å². The number of thiazole rings is 1. The summed E-state index contributed by atoms with van der Waals surface area (Å²) < 4.78 is 35.4. The molecule has 0 aliphatic carbocycles. The fraction of sp³-hybridized carbons (Fsp3) is 0.429. The van der Waals surface area contributed by atoms with Crippen LogP contribution in [0.4, 0.5) is 18.3 Å². The van der Waals surface area contributed by atoms with Crippen LogP contribution < -0.4 is 11.1 Å². The highest BCUT2D eigenvalue weighted by molar-refractivity contribution is 7.13. The molecule has 0 amide bonds. The molecule has 0 aliphatic rings. The molecular formula is C7H8ClF3N4S. The Labute approximate surface area is 98.3 Å². The summed E-state index contributed by atoms with van der Waals surface area (Å²) in [5, 5.41) is 4.48. The fourth-order valence-corrected chi connectivity index (χ4v) is 1.70. The maximum absolute atomic E-state index is 11.8. The molecule has 0 fully saturated rings. The lowest BCUT2D eigenvalue weighted by Crippen LogP contribution is -2.25. The van der Waals surface area contributed by atoms with E-state index in [2.05, 4.69) is 15.3 Å². The molecule has 3 N–H and O–H groups in total. The standard InChI is InChI=1S/C7H8ClF3N4S/c8-1-4-2-16-6(14-4)15-5(12)13-3-7(9,10)11/h2H,1,3H2,(H3,12,13,14,15). The van der Waals surface area contributed by atoms with Crippen LogP contribution >= 0.6 is 22.9 Å². The van der Waals surface area contributed by atoms with E-state index >= 15 is 0 Å². The van der Waals surface area contributed by atoms with Crippen molar-refractivity contribution in [3.05, 3.63) is 11.1 Å². The molecular weight excluding hydrogens is 265 g/mol. The zero-order valence-electron chi connectivity index (χ0n) is 7.88. The van der Waals surface area contributed by atoms with Crippen LogP contribution in [0.15, 0.2) is 10.4 Å². The molecule has 0 aromatic carbocycles. The number of alkyl halides is 4. The number of nitrogens with two attached hydrogens (primary N) is 1. The van der Waals surface area contributed by atoms with Crippen molar-refractivity contribution in [2.24, 2.45) is 10.7 Å². The molecule has 90 valence electrons. The van der Waals surface area contributed by atoms with E-state index in [4.69, 9.17) is 17.3 Å². The van der Waals surface area contributed by atoms with Crippen LogP contribution in [0.3, 0.4) is 0 Å². The summed E-state index contributed by atoms with van der Waals surface area (Å²) >= 11 is 6.69. The quantitative estimate of drug-likeness (QED) is 0.504. The second-order valence-electron chi connectivity index (χ2n) is 2.72. The molecule has 0 aliphatic heterocycles. The minimum atomic E-state index is -4.36. The van der Waals surface area contributed by atoms with Crippen LogP contribution in [0.5, 0.6) is 0 Å². The molecule has 4 nitrogen and oxygen atoms in total. The Morgan fingerprint density at radius 1 is 1.62 bits per heavy atom. The third kappa shape index (κ3) is 4.67. The molecule has 0 saturated carbocycles. The topological polar surface area (TPSA) is 63.3 Å². The summed E-state index contributed by atoms with van der Waals surface area (Å²) in [5.74, 6) is -0.0922. The minimum Gasteiger partial charge on any atom is -0.370 e. The van der Waals surface area contributed by atoms with E-state index in [1.165, 1.54) is 11.3 Å². The van der Waals surface area contributed by atoms with Crippen molar-refractivity contribution in [3.63, 3.8) is 0 Å². The zero-order valence-corrected chi connectivity index (χ0v) is 9.46. The molecule has 1 rings (SSSR count). The van der Waals surface area contributed by atoms with E-state index in [0.717, 1.165) is 0 Å². The number of guanidine groups is 1. The van der Waals surface area contributed by atoms with E-state index in [1.54, 1.807) is 5.38 Å². The zero-order chi connectivity index (χ0) is 12.2. The Bertz CT molecular complexity index is 376. The lowest BCUT2D eigenvalue weighted by molar-refractivity contribution is -0.118. The van der Waals surface area contributed by atoms with Gasteiger partial charge >= 0.3 is 6.18 Å². The Morgan fingerprint density at radius 2 is 2.31 bits per heavy atom. The fourth-order valence-electron chi connectivity index (χ4n) is 0.750. The second kappa shape index (κ2) is 5.35. The number of hydrogen-bond donors (Lipinski definition) is 2. The molecule has 0 spiro atoms. The normalized spacial score (nSPS) is 12.9. The van der Waals surface area contributed by atoms with E-state index in [1.807, 2.05) is 0 Å². The van der Waals surface area contributed by atoms with Crippen molar-refractivity contribution in [1.29, 1.82) is 0 Å². The van der Waals surface area contributed by atoms with Gasteiger partial charge in [0, 0.05) is 5.38 Å². The average Bonchev–Trinajstić information content (AvgIpc) is 2.61. The van der Waals surface area contributed by atoms with Gasteiger partial charge in [-0.2, -0.15) is 13.2 Å². The highest BCUT2D eigenvalue weighted by Gasteiger charge is 2.26. The van der Waals surface area contributed by atoms with Gasteiger partial charge in [-0.05, 0) is 0 Å². The van der Waals surface area contributed by atoms with Crippen LogP contribution in [-0.4, -0.2) is 23.7 Å². The molecule has 0 atom stereocenters. The van der Waals surface area contributed by atoms with Crippen LogP contribution in [0.2, 0.25) is 0 Å². The van der Waals surface area contributed by atoms with Gasteiger partial charge in [0.1, 0.15) is 6.54 Å². The predicted molar refractivity (Wildman–Crippen MR) is 57.8 cm³/mol. The molecule has 1 aromatic rings. The Hall–Kier alpha value is -1.02. The molecule has 16 heavy (non-hydrogen) atoms. The van der Waals surface area contributed by atoms with Crippen LogP contribution in [0.1, 0.15) is 5.69 Å². The summed E-state index contributed by atoms with van der Waals surface area (Å²) in [5.41, 5.74) is 5.86. The number of aliphatic imine (C=N–C) groups is 1. The molecule has 1 heterocycles. The monoisotopic (exact) mass is 272 g/mol. The van der Waals surface area contributed by atoms with Crippen molar-refractivity contribution < 1.29 is 13.2 Å². The second-order valence-corrected chi connectivity index (χ2v) is 3.84. The maximum atomic E-state index is 11.8. The summed E-state index contributed by atoms with van der Waals surface area (Å²) in [6, 6.07) is 0. The first-order valence-electron chi connectivity index (χ1n) is 4.05. The van der Waals surface area contributed by atoms with Gasteiger partial charge in [-0.25, -0.2) is 9.98 Å². The van der Waals surface area contributed by atoms with E-state index in [-0.39, 0.29) is 11.8 Å². The number of nitrogens with zero attached hydrogens (tertiary/aromatic N) is 2. The van der Waals surface area contributed by atoms with Gasteiger partial charge in [-0.1, -0.05) is 0 Å². The van der Waals surface area contributed by atoms with Gasteiger partial charge in [0.2, 0.25) is 0 Å². The van der Waals surface area contributed by atoms with Crippen LogP contribution in [0, 0.1) is 0 Å². The molecule has 1 aromatic heterocycles. The Kier molecular flexibility index (Phi) is 4.36. The van der Waals surface area contributed by atoms with E-state index in [0.29, 0.717) is 10.8 Å². The van der Waals surface area contributed by atoms with Gasteiger partial charge in [-0.3, -0.25) is 0 Å². The van der Waals surface area contributed by atoms with Crippen LogP contribution in [-0.2, 0) is 5.88 Å². The van der Waals surface area contributed by atoms with E-state index in [9.17, 15) is 13.2 Å². The lowest BCUT2D eigenvalue weighted by Gasteiger charge is -2.04. The van der Waals surface area contributed by atoms with Crippen molar-refractivity contribution in [2.75, 3.05) is 11.9 Å². The smallest absolute Gasteiger partial charge is 0.370 e. The predicted octanol–water partition coefficient (Wildman–Crippen LogP) is 2.17. The lowest BCUT2D eigenvalue weighted by atomic mass is 10.6. The SMILES string of the molecule is NC(=NCC(F)(F)F)Nc1nc(CCl)cs1. The van der Waals surface area contributed by atoms with Gasteiger partial charge in [-0.15, -0.1) is 22.9 Å². The Morgan fingerprint density at radius 3 is 2.81 bits per heavy atom. The number of nitrogens with one attached hydrogen (secondary N) is 1. The van der Waals surface area contributed by atoms with Crippen molar-refractivity contribution in [2.45, 2.75) is 12.1 Å². The molecule has 0 bridgehead atoms. The van der Waals surface area contributed by atoms with Gasteiger partial charge < -0.3 is 11.1 Å². The molecule has 0 unspecified atom stereocenters. The first-order valence-corrected chi connectivity index (χ1v) is 5.46. The summed E-state index contributed by atoms with van der Waals surface area (Å²) in [6.45, 7) is -1.32. The van der Waals surface area contributed by atoms with Crippen molar-refractivity contribution in [1.82, 2.24) is 4.98 Å². The molecule has 0 radical (unpaired) electrons. The minimum absolute atomic E-state index is 0.234. The van der Waals surface area contributed by atoms with Gasteiger partial charge in [0.05, 0.1) is 11.6 Å².